The van der Waals surface area contributed by atoms with Crippen molar-refractivity contribution in [1.82, 2.24) is 0 Å². The predicted molar refractivity (Wildman–Crippen MR) is 22.1 cm³/mol. The standard InChI is InChI=1S/C3H3FSi/c4-5-2-1-3-5/h1-3H. The zero-order chi connectivity index (χ0) is 3.70. The summed E-state index contributed by atoms with van der Waals surface area (Å²) in [6, 6.07) is 0. The summed E-state index contributed by atoms with van der Waals surface area (Å²) in [6.07, 6.45) is 1.74. The molecule has 1 heterocycles. The van der Waals surface area contributed by atoms with E-state index < -0.39 is 8.74 Å². The van der Waals surface area contributed by atoms with E-state index in [4.69, 9.17) is 0 Å². The van der Waals surface area contributed by atoms with Crippen LogP contribution in [0.3, 0.4) is 0 Å². The molecule has 0 unspecified atom stereocenters. The molecule has 0 aromatic rings. The van der Waals surface area contributed by atoms with Gasteiger partial charge in [0.2, 0.25) is 0 Å². The van der Waals surface area contributed by atoms with Gasteiger partial charge in [-0.2, -0.15) is 0 Å². The van der Waals surface area contributed by atoms with E-state index in [0.717, 1.165) is 0 Å². The average Bonchev–Trinajstić information content (AvgIpc) is 1.30. The number of hydrogen-bond acceptors (Lipinski definition) is 0. The van der Waals surface area contributed by atoms with E-state index in [2.05, 4.69) is 0 Å². The first-order valence-electron chi connectivity index (χ1n) is 1.43. The molecule has 0 aliphatic carbocycles. The van der Waals surface area contributed by atoms with Crippen molar-refractivity contribution in [3.8, 4) is 0 Å². The molecule has 2 heteroatoms. The van der Waals surface area contributed by atoms with E-state index in [-0.39, 0.29) is 0 Å². The summed E-state index contributed by atoms with van der Waals surface area (Å²) >= 11 is 0. The molecule has 1 aliphatic heterocycles. The molecule has 0 nitrogen and oxygen atoms in total. The lowest BCUT2D eigenvalue weighted by atomic mass is 10.7. The van der Waals surface area contributed by atoms with Gasteiger partial charge in [-0.25, -0.2) is 0 Å². The van der Waals surface area contributed by atoms with Gasteiger partial charge in [-0.3, -0.25) is 4.11 Å². The van der Waals surface area contributed by atoms with Crippen LogP contribution < -0.4 is 0 Å². The third kappa shape index (κ3) is 0.350. The number of hydrogen-bond donors (Lipinski definition) is 0. The summed E-state index contributed by atoms with van der Waals surface area (Å²) in [6.45, 7) is 0. The van der Waals surface area contributed by atoms with Gasteiger partial charge in [-0.05, 0) is 11.4 Å². The van der Waals surface area contributed by atoms with E-state index in [1.165, 1.54) is 0 Å². The van der Waals surface area contributed by atoms with Gasteiger partial charge in [0.15, 0.2) is 0 Å². The Hall–Kier alpha value is -0.243. The van der Waals surface area contributed by atoms with Gasteiger partial charge in [0.25, 0.3) is 8.74 Å². The largest absolute Gasteiger partial charge is 0.278 e. The topological polar surface area (TPSA) is 0 Å². The molecule has 5 heavy (non-hydrogen) atoms. The lowest BCUT2D eigenvalue weighted by Gasteiger charge is -1.85. The molecule has 1 rings (SSSR count). The van der Waals surface area contributed by atoms with Crippen LogP contribution in [0.5, 0.6) is 0 Å². The van der Waals surface area contributed by atoms with Crippen molar-refractivity contribution in [3.05, 3.63) is 11.8 Å². The first kappa shape index (κ1) is 2.97. The van der Waals surface area contributed by atoms with Crippen LogP contribution in [-0.4, -0.2) is 14.4 Å². The van der Waals surface area contributed by atoms with Gasteiger partial charge in [0.05, 0.1) is 0 Å². The third-order valence-electron chi connectivity index (χ3n) is 0.511. The third-order valence-corrected chi connectivity index (χ3v) is 1.53. The fourth-order valence-electron chi connectivity index (χ4n) is 0.169. The monoisotopic (exact) mass is 86.0 g/mol. The summed E-state index contributed by atoms with van der Waals surface area (Å²) < 4.78 is 11.5. The van der Waals surface area contributed by atoms with E-state index >= 15 is 0 Å². The van der Waals surface area contributed by atoms with Crippen LogP contribution in [0.15, 0.2) is 11.8 Å². The highest BCUT2D eigenvalue weighted by molar-refractivity contribution is 6.71. The van der Waals surface area contributed by atoms with Crippen molar-refractivity contribution >= 4 is 14.4 Å². The smallest absolute Gasteiger partial charge is 0.258 e. The minimum atomic E-state index is -1.50. The summed E-state index contributed by atoms with van der Waals surface area (Å²) in [4.78, 5) is 0. The van der Waals surface area contributed by atoms with Gasteiger partial charge in [0, 0.05) is 0 Å². The zero-order valence-electron chi connectivity index (χ0n) is 2.61. The number of rotatable bonds is 0. The summed E-state index contributed by atoms with van der Waals surface area (Å²) in [5, 5.41) is 0. The summed E-state index contributed by atoms with van der Waals surface area (Å²) in [7, 11) is -1.50. The predicted octanol–water partition coefficient (Wildman–Crippen LogP) is 0.440. The first-order chi connectivity index (χ1) is 2.39. The molecule has 0 amide bonds. The molecule has 0 fully saturated rings. The SMILES string of the molecule is F[Si]1=CC=C1. The molecule has 0 spiro atoms. The minimum Gasteiger partial charge on any atom is -0.278 e. The van der Waals surface area contributed by atoms with Crippen molar-refractivity contribution in [2.75, 3.05) is 0 Å². The Bertz CT molecular complexity index is 93.1. The molecule has 0 N–H and O–H groups in total. The van der Waals surface area contributed by atoms with Crippen LogP contribution in [-0.2, 0) is 0 Å². The number of halogens is 1. The Kier molecular flexibility index (Phi) is 0.511. The highest BCUT2D eigenvalue weighted by Crippen LogP contribution is 1.82. The molecule has 0 radical (unpaired) electrons. The second kappa shape index (κ2) is 0.862. The molecule has 0 saturated heterocycles. The van der Waals surface area contributed by atoms with Crippen molar-refractivity contribution in [2.45, 2.75) is 0 Å². The molecule has 0 aromatic heterocycles. The Morgan fingerprint density at radius 2 is 2.00 bits per heavy atom. The Balaban J connectivity index is 2.60. The van der Waals surface area contributed by atoms with E-state index in [9.17, 15) is 4.11 Å². The maximum Gasteiger partial charge on any atom is 0.258 e. The highest BCUT2D eigenvalue weighted by atomic mass is 28.3. The molecule has 0 atom stereocenters. The van der Waals surface area contributed by atoms with Gasteiger partial charge in [-0.1, -0.05) is 6.08 Å². The van der Waals surface area contributed by atoms with Crippen molar-refractivity contribution in [3.63, 3.8) is 0 Å². The van der Waals surface area contributed by atoms with Crippen molar-refractivity contribution in [2.24, 2.45) is 0 Å². The molecular weight excluding hydrogens is 83.1 g/mol. The van der Waals surface area contributed by atoms with Crippen LogP contribution in [0.25, 0.3) is 0 Å². The maximum atomic E-state index is 11.5. The lowest BCUT2D eigenvalue weighted by Crippen LogP contribution is -1.98. The number of allylic oxidation sites excluding steroid dienone is 1. The van der Waals surface area contributed by atoms with Gasteiger partial charge >= 0.3 is 0 Å². The van der Waals surface area contributed by atoms with Crippen LogP contribution >= 0.6 is 0 Å². The van der Waals surface area contributed by atoms with Crippen molar-refractivity contribution < 1.29 is 4.11 Å². The first-order valence-corrected chi connectivity index (χ1v) is 2.97. The normalized spacial score (nSPS) is 17.4. The van der Waals surface area contributed by atoms with Gasteiger partial charge in [-0.15, -0.1) is 0 Å². The maximum absolute atomic E-state index is 11.5. The quantitative estimate of drug-likeness (QED) is 0.296. The van der Waals surface area contributed by atoms with Crippen LogP contribution in [0.4, 0.5) is 4.11 Å². The summed E-state index contributed by atoms with van der Waals surface area (Å²) in [5.74, 6) is 0. The molecular formula is C3H3FSi. The van der Waals surface area contributed by atoms with Gasteiger partial charge in [0.1, 0.15) is 0 Å². The fourth-order valence-corrected chi connectivity index (χ4v) is 0.507. The Morgan fingerprint density at radius 1 is 1.60 bits per heavy atom. The highest BCUT2D eigenvalue weighted by Gasteiger charge is 1.91. The Morgan fingerprint density at radius 3 is 2.00 bits per heavy atom. The fraction of sp³-hybridized carbons (Fsp3) is 0. The van der Waals surface area contributed by atoms with Gasteiger partial charge < -0.3 is 0 Å². The Labute approximate surface area is 31.3 Å². The molecule has 0 aromatic carbocycles. The van der Waals surface area contributed by atoms with E-state index in [1.807, 2.05) is 0 Å². The second-order valence-electron chi connectivity index (χ2n) is 0.911. The molecule has 1 aliphatic rings. The van der Waals surface area contributed by atoms with Crippen LogP contribution in [0, 0.1) is 0 Å². The zero-order valence-corrected chi connectivity index (χ0v) is 3.61. The molecule has 26 valence electrons. The van der Waals surface area contributed by atoms with Crippen LogP contribution in [0.1, 0.15) is 0 Å². The average molecular weight is 86.1 g/mol. The molecule has 0 saturated carbocycles. The molecule has 0 bridgehead atoms. The van der Waals surface area contributed by atoms with E-state index in [1.54, 1.807) is 17.4 Å². The summed E-state index contributed by atoms with van der Waals surface area (Å²) in [5.41, 5.74) is 3.20. The van der Waals surface area contributed by atoms with Crippen LogP contribution in [0.2, 0.25) is 0 Å². The minimum absolute atomic E-state index is 1.50. The van der Waals surface area contributed by atoms with Crippen molar-refractivity contribution in [1.29, 1.82) is 0 Å². The van der Waals surface area contributed by atoms with E-state index in [0.29, 0.717) is 0 Å². The lowest BCUT2D eigenvalue weighted by molar-refractivity contribution is 0.875. The second-order valence-corrected chi connectivity index (χ2v) is 2.35.